The summed E-state index contributed by atoms with van der Waals surface area (Å²) in [6.45, 7) is -0.374. The first-order valence-corrected chi connectivity index (χ1v) is 5.79. The Bertz CT molecular complexity index is 661. The van der Waals surface area contributed by atoms with Gasteiger partial charge in [0.1, 0.15) is 11.6 Å². The molecule has 1 amide bonds. The van der Waals surface area contributed by atoms with Crippen molar-refractivity contribution in [2.24, 2.45) is 0 Å². The van der Waals surface area contributed by atoms with Crippen LogP contribution in [-0.2, 0) is 4.79 Å². The van der Waals surface area contributed by atoms with Crippen LogP contribution in [0.25, 0.3) is 0 Å². The second kappa shape index (κ2) is 6.42. The van der Waals surface area contributed by atoms with Gasteiger partial charge in [0.25, 0.3) is 5.91 Å². The molecule has 0 aliphatic rings. The van der Waals surface area contributed by atoms with E-state index < -0.39 is 17.7 Å². The molecule has 21 heavy (non-hydrogen) atoms. The molecule has 2 rings (SSSR count). The van der Waals surface area contributed by atoms with Crippen LogP contribution in [0.4, 0.5) is 10.2 Å². The Hall–Kier alpha value is -3.03. The fraction of sp³-hybridized carbons (Fsp3) is 0.0769. The van der Waals surface area contributed by atoms with Crippen LogP contribution < -0.4 is 10.1 Å². The number of benzene rings is 1. The monoisotopic (exact) mass is 291 g/mol. The maximum atomic E-state index is 12.7. The summed E-state index contributed by atoms with van der Waals surface area (Å²) in [4.78, 5) is 29.9. The van der Waals surface area contributed by atoms with Crippen LogP contribution in [0.1, 0.15) is 10.5 Å². The number of hydrogen-bond donors (Lipinski definition) is 2. The van der Waals surface area contributed by atoms with Gasteiger partial charge in [-0.15, -0.1) is 0 Å². The lowest BCUT2D eigenvalue weighted by atomic mass is 10.3. The molecule has 0 radical (unpaired) electrons. The summed E-state index contributed by atoms with van der Waals surface area (Å²) in [6.07, 6.45) is 2.46. The van der Waals surface area contributed by atoms with Gasteiger partial charge in [-0.25, -0.2) is 19.2 Å². The number of hydrogen-bond acceptors (Lipinski definition) is 5. The van der Waals surface area contributed by atoms with Crippen molar-refractivity contribution in [2.75, 3.05) is 11.9 Å². The van der Waals surface area contributed by atoms with Crippen molar-refractivity contribution in [1.82, 2.24) is 9.97 Å². The third kappa shape index (κ3) is 3.96. The van der Waals surface area contributed by atoms with E-state index in [1.807, 2.05) is 0 Å². The average molecular weight is 291 g/mol. The first-order valence-electron chi connectivity index (χ1n) is 5.79. The van der Waals surface area contributed by atoms with Gasteiger partial charge < -0.3 is 15.2 Å². The average Bonchev–Trinajstić information content (AvgIpc) is 2.47. The highest BCUT2D eigenvalue weighted by atomic mass is 19.1. The first-order chi connectivity index (χ1) is 10.1. The molecule has 1 aromatic heterocycles. The third-order valence-electron chi connectivity index (χ3n) is 2.34. The van der Waals surface area contributed by atoms with Gasteiger partial charge in [0.15, 0.2) is 18.1 Å². The first kappa shape index (κ1) is 14.4. The molecule has 0 saturated heterocycles. The molecule has 7 nitrogen and oxygen atoms in total. The third-order valence-corrected chi connectivity index (χ3v) is 2.34. The van der Waals surface area contributed by atoms with Crippen LogP contribution in [0.5, 0.6) is 5.75 Å². The molecule has 2 N–H and O–H groups in total. The molecule has 8 heteroatoms. The molecule has 0 unspecified atom stereocenters. The normalized spacial score (nSPS) is 9.95. The van der Waals surface area contributed by atoms with Gasteiger partial charge in [0.2, 0.25) is 0 Å². The topological polar surface area (TPSA) is 101 Å². The number of carboxylic acids is 1. The van der Waals surface area contributed by atoms with Crippen LogP contribution >= 0.6 is 0 Å². The number of carboxylic acid groups (broad SMARTS) is 1. The number of carbonyl (C=O) groups is 2. The van der Waals surface area contributed by atoms with E-state index in [1.165, 1.54) is 36.7 Å². The fourth-order valence-electron chi connectivity index (χ4n) is 1.43. The van der Waals surface area contributed by atoms with Crippen molar-refractivity contribution >= 4 is 17.7 Å². The number of carbonyl (C=O) groups excluding carboxylic acids is 1. The molecule has 0 saturated carbocycles. The predicted octanol–water partition coefficient (Wildman–Crippen LogP) is 1.33. The maximum absolute atomic E-state index is 12.7. The molecular formula is C13H10FN3O4. The molecule has 2 aromatic rings. The van der Waals surface area contributed by atoms with E-state index in [2.05, 4.69) is 15.3 Å². The Labute approximate surface area is 118 Å². The van der Waals surface area contributed by atoms with E-state index in [-0.39, 0.29) is 18.1 Å². The SMILES string of the molecule is O=C(COc1ccc(F)cc1)Nc1nccnc1C(=O)O. The van der Waals surface area contributed by atoms with Gasteiger partial charge in [0.05, 0.1) is 0 Å². The molecule has 1 aromatic carbocycles. The molecule has 0 bridgehead atoms. The Kier molecular flexibility index (Phi) is 4.39. The summed E-state index contributed by atoms with van der Waals surface area (Å²) in [5, 5.41) is 11.2. The van der Waals surface area contributed by atoms with Gasteiger partial charge in [-0.3, -0.25) is 4.79 Å². The molecule has 0 aliphatic heterocycles. The smallest absolute Gasteiger partial charge is 0.358 e. The quantitative estimate of drug-likeness (QED) is 0.861. The van der Waals surface area contributed by atoms with E-state index in [0.717, 1.165) is 0 Å². The fourth-order valence-corrected chi connectivity index (χ4v) is 1.43. The van der Waals surface area contributed by atoms with Crippen molar-refractivity contribution in [3.05, 3.63) is 48.2 Å². The summed E-state index contributed by atoms with van der Waals surface area (Å²) < 4.78 is 17.8. The van der Waals surface area contributed by atoms with E-state index in [0.29, 0.717) is 5.75 Å². The highest BCUT2D eigenvalue weighted by molar-refractivity contribution is 5.98. The highest BCUT2D eigenvalue weighted by Gasteiger charge is 2.15. The molecule has 108 valence electrons. The van der Waals surface area contributed by atoms with Gasteiger partial charge in [-0.2, -0.15) is 0 Å². The van der Waals surface area contributed by atoms with E-state index in [4.69, 9.17) is 9.84 Å². The molecule has 1 heterocycles. The van der Waals surface area contributed by atoms with Crippen LogP contribution in [0.2, 0.25) is 0 Å². The number of aromatic nitrogens is 2. The zero-order valence-corrected chi connectivity index (χ0v) is 10.6. The minimum absolute atomic E-state index is 0.169. The predicted molar refractivity (Wildman–Crippen MR) is 69.5 cm³/mol. The number of nitrogens with one attached hydrogen (secondary N) is 1. The summed E-state index contributed by atoms with van der Waals surface area (Å²) in [5.41, 5.74) is -0.368. The summed E-state index contributed by atoms with van der Waals surface area (Å²) in [5.74, 6) is -2.19. The van der Waals surface area contributed by atoms with Gasteiger partial charge in [0, 0.05) is 12.4 Å². The van der Waals surface area contributed by atoms with Crippen molar-refractivity contribution in [3.8, 4) is 5.75 Å². The van der Waals surface area contributed by atoms with E-state index in [9.17, 15) is 14.0 Å². The minimum atomic E-state index is -1.31. The number of amides is 1. The van der Waals surface area contributed by atoms with Crippen molar-refractivity contribution in [1.29, 1.82) is 0 Å². The van der Waals surface area contributed by atoms with Crippen molar-refractivity contribution < 1.29 is 23.8 Å². The number of rotatable bonds is 5. The maximum Gasteiger partial charge on any atom is 0.358 e. The molecule has 0 fully saturated rings. The summed E-state index contributed by atoms with van der Waals surface area (Å²) in [7, 11) is 0. The Balaban J connectivity index is 1.96. The largest absolute Gasteiger partial charge is 0.484 e. The number of ether oxygens (including phenoxy) is 1. The van der Waals surface area contributed by atoms with Crippen LogP contribution in [0.3, 0.4) is 0 Å². The van der Waals surface area contributed by atoms with Crippen molar-refractivity contribution in [3.63, 3.8) is 0 Å². The Morgan fingerprint density at radius 2 is 1.86 bits per heavy atom. The highest BCUT2D eigenvalue weighted by Crippen LogP contribution is 2.11. The van der Waals surface area contributed by atoms with Crippen LogP contribution in [0, 0.1) is 5.82 Å². The Morgan fingerprint density at radius 1 is 1.19 bits per heavy atom. The van der Waals surface area contributed by atoms with E-state index >= 15 is 0 Å². The number of nitrogens with zero attached hydrogens (tertiary/aromatic N) is 2. The minimum Gasteiger partial charge on any atom is -0.484 e. The molecular weight excluding hydrogens is 281 g/mol. The lowest BCUT2D eigenvalue weighted by molar-refractivity contribution is -0.118. The molecule has 0 spiro atoms. The summed E-state index contributed by atoms with van der Waals surface area (Å²) in [6, 6.07) is 5.12. The lowest BCUT2D eigenvalue weighted by Crippen LogP contribution is -2.22. The van der Waals surface area contributed by atoms with Crippen molar-refractivity contribution in [2.45, 2.75) is 0 Å². The zero-order chi connectivity index (χ0) is 15.2. The number of aromatic carboxylic acids is 1. The number of anilines is 1. The Morgan fingerprint density at radius 3 is 2.52 bits per heavy atom. The van der Waals surface area contributed by atoms with E-state index in [1.54, 1.807) is 0 Å². The van der Waals surface area contributed by atoms with Crippen LogP contribution in [-0.4, -0.2) is 33.6 Å². The zero-order valence-electron chi connectivity index (χ0n) is 10.6. The second-order valence-corrected chi connectivity index (χ2v) is 3.85. The van der Waals surface area contributed by atoms with Crippen LogP contribution in [0.15, 0.2) is 36.7 Å². The molecule has 0 atom stereocenters. The van der Waals surface area contributed by atoms with Gasteiger partial charge in [-0.1, -0.05) is 0 Å². The standard InChI is InChI=1S/C13H10FN3O4/c14-8-1-3-9(4-2-8)21-7-10(18)17-12-11(13(19)20)15-5-6-16-12/h1-6H,7H2,(H,19,20)(H,16,17,18). The summed E-state index contributed by atoms with van der Waals surface area (Å²) >= 11 is 0. The number of halogens is 1. The van der Waals surface area contributed by atoms with Gasteiger partial charge in [-0.05, 0) is 24.3 Å². The lowest BCUT2D eigenvalue weighted by Gasteiger charge is -2.08. The van der Waals surface area contributed by atoms with Gasteiger partial charge >= 0.3 is 5.97 Å². The second-order valence-electron chi connectivity index (χ2n) is 3.85. The molecule has 0 aliphatic carbocycles.